The molecule has 1 aromatic carbocycles. The van der Waals surface area contributed by atoms with Crippen molar-refractivity contribution in [2.24, 2.45) is 0 Å². The number of benzene rings is 1. The first kappa shape index (κ1) is 20.4. The third-order valence-corrected chi connectivity index (χ3v) is 6.39. The number of pyridine rings is 1. The molecule has 170 valence electrons. The van der Waals surface area contributed by atoms with Crippen molar-refractivity contribution in [1.29, 1.82) is 0 Å². The Morgan fingerprint density at radius 1 is 1.06 bits per heavy atom. The quantitative estimate of drug-likeness (QED) is 0.377. The van der Waals surface area contributed by atoms with E-state index in [0.29, 0.717) is 40.7 Å². The lowest BCUT2D eigenvalue weighted by atomic mass is 10.1. The number of hydrogen-bond donors (Lipinski definition) is 1. The first-order valence-corrected chi connectivity index (χ1v) is 11.6. The molecule has 1 aliphatic rings. The molecular weight excluding hydrogens is 428 g/mol. The molecule has 0 saturated heterocycles. The molecule has 1 N–H and O–H groups in total. The lowest BCUT2D eigenvalue weighted by Crippen LogP contribution is -2.18. The zero-order chi connectivity index (χ0) is 22.9. The van der Waals surface area contributed by atoms with Gasteiger partial charge in [0, 0.05) is 11.6 Å². The maximum absolute atomic E-state index is 13.6. The van der Waals surface area contributed by atoms with E-state index >= 15 is 0 Å². The van der Waals surface area contributed by atoms with Gasteiger partial charge in [-0.15, -0.1) is 0 Å². The standard InChI is InChI=1S/C26H24N6O2/c33-26(30-24-12-13-27-32(24)19-9-4-5-10-19)21-15-23(18-7-2-1-3-8-18)29-25-22(21)16-28-31(25)17-20-11-6-14-34-20/h1-3,6-8,11-16,19H,4-5,9-10,17H2,(H,30,33). The zero-order valence-electron chi connectivity index (χ0n) is 18.6. The number of anilines is 1. The van der Waals surface area contributed by atoms with Crippen LogP contribution in [0.25, 0.3) is 22.3 Å². The van der Waals surface area contributed by atoms with Crippen molar-refractivity contribution >= 4 is 22.8 Å². The van der Waals surface area contributed by atoms with Crippen LogP contribution in [0.2, 0.25) is 0 Å². The Hall–Kier alpha value is -4.20. The van der Waals surface area contributed by atoms with E-state index in [9.17, 15) is 4.79 Å². The van der Waals surface area contributed by atoms with Gasteiger partial charge >= 0.3 is 0 Å². The number of furan rings is 1. The number of hydrogen-bond acceptors (Lipinski definition) is 5. The summed E-state index contributed by atoms with van der Waals surface area (Å²) >= 11 is 0. The first-order chi connectivity index (χ1) is 16.8. The van der Waals surface area contributed by atoms with E-state index in [-0.39, 0.29) is 5.91 Å². The monoisotopic (exact) mass is 452 g/mol. The van der Waals surface area contributed by atoms with Gasteiger partial charge < -0.3 is 9.73 Å². The molecule has 8 heteroatoms. The van der Waals surface area contributed by atoms with Crippen LogP contribution in [-0.4, -0.2) is 30.5 Å². The van der Waals surface area contributed by atoms with Gasteiger partial charge in [0.2, 0.25) is 0 Å². The summed E-state index contributed by atoms with van der Waals surface area (Å²) in [4.78, 5) is 18.4. The molecule has 0 atom stereocenters. The molecule has 1 amide bonds. The van der Waals surface area contributed by atoms with Crippen molar-refractivity contribution in [3.8, 4) is 11.3 Å². The van der Waals surface area contributed by atoms with Crippen LogP contribution < -0.4 is 5.32 Å². The van der Waals surface area contributed by atoms with Gasteiger partial charge in [-0.3, -0.25) is 4.79 Å². The average molecular weight is 453 g/mol. The largest absolute Gasteiger partial charge is 0.467 e. The van der Waals surface area contributed by atoms with Crippen LogP contribution in [0.4, 0.5) is 5.82 Å². The maximum Gasteiger partial charge on any atom is 0.257 e. The van der Waals surface area contributed by atoms with E-state index in [1.807, 2.05) is 59.3 Å². The Kier molecular flexibility index (Phi) is 5.18. The van der Waals surface area contributed by atoms with Crippen molar-refractivity contribution in [3.63, 3.8) is 0 Å². The highest BCUT2D eigenvalue weighted by Gasteiger charge is 2.23. The molecule has 6 rings (SSSR count). The molecule has 0 spiro atoms. The number of nitrogens with zero attached hydrogens (tertiary/aromatic N) is 5. The van der Waals surface area contributed by atoms with E-state index in [4.69, 9.17) is 9.40 Å². The minimum atomic E-state index is -0.207. The topological polar surface area (TPSA) is 90.8 Å². The maximum atomic E-state index is 13.6. The van der Waals surface area contributed by atoms with Gasteiger partial charge in [-0.05, 0) is 31.0 Å². The summed E-state index contributed by atoms with van der Waals surface area (Å²) in [6, 6.07) is 17.6. The summed E-state index contributed by atoms with van der Waals surface area (Å²) in [7, 11) is 0. The van der Waals surface area contributed by atoms with Gasteiger partial charge in [0.05, 0.1) is 41.3 Å². The Bertz CT molecular complexity index is 1430. The van der Waals surface area contributed by atoms with Crippen molar-refractivity contribution in [2.45, 2.75) is 38.3 Å². The number of nitrogens with one attached hydrogen (secondary N) is 1. The predicted molar refractivity (Wildman–Crippen MR) is 128 cm³/mol. The number of carbonyl (C=O) groups is 1. The van der Waals surface area contributed by atoms with E-state index in [1.54, 1.807) is 23.3 Å². The molecule has 34 heavy (non-hydrogen) atoms. The number of carbonyl (C=O) groups excluding carboxylic acids is 1. The third kappa shape index (κ3) is 3.77. The highest BCUT2D eigenvalue weighted by atomic mass is 16.3. The Balaban J connectivity index is 1.41. The van der Waals surface area contributed by atoms with Crippen LogP contribution in [0.5, 0.6) is 0 Å². The van der Waals surface area contributed by atoms with Gasteiger partial charge in [-0.2, -0.15) is 10.2 Å². The Morgan fingerprint density at radius 3 is 2.71 bits per heavy atom. The number of amides is 1. The van der Waals surface area contributed by atoms with Crippen molar-refractivity contribution in [1.82, 2.24) is 24.5 Å². The lowest BCUT2D eigenvalue weighted by Gasteiger charge is -2.15. The van der Waals surface area contributed by atoms with E-state index < -0.39 is 0 Å². The van der Waals surface area contributed by atoms with Crippen molar-refractivity contribution in [3.05, 3.63) is 84.6 Å². The van der Waals surface area contributed by atoms with Gasteiger partial charge in [0.15, 0.2) is 5.65 Å². The molecule has 4 heterocycles. The van der Waals surface area contributed by atoms with E-state index in [0.717, 1.165) is 24.2 Å². The van der Waals surface area contributed by atoms with E-state index in [1.165, 1.54) is 12.8 Å². The summed E-state index contributed by atoms with van der Waals surface area (Å²) in [5.74, 6) is 1.27. The summed E-state index contributed by atoms with van der Waals surface area (Å²) < 4.78 is 9.21. The van der Waals surface area contributed by atoms with Gasteiger partial charge in [-0.25, -0.2) is 14.3 Å². The molecule has 0 bridgehead atoms. The first-order valence-electron chi connectivity index (χ1n) is 11.6. The van der Waals surface area contributed by atoms with Crippen LogP contribution in [0.15, 0.2) is 77.7 Å². The summed E-state index contributed by atoms with van der Waals surface area (Å²) in [6.45, 7) is 0.428. The third-order valence-electron chi connectivity index (χ3n) is 6.39. The highest BCUT2D eigenvalue weighted by molar-refractivity contribution is 6.12. The van der Waals surface area contributed by atoms with Gasteiger partial charge in [-0.1, -0.05) is 43.2 Å². The average Bonchev–Trinajstić information content (AvgIpc) is 3.67. The highest BCUT2D eigenvalue weighted by Crippen LogP contribution is 2.32. The molecule has 8 nitrogen and oxygen atoms in total. The van der Waals surface area contributed by atoms with Crippen LogP contribution in [0.1, 0.15) is 47.8 Å². The minimum absolute atomic E-state index is 0.207. The molecule has 1 aliphatic carbocycles. The Labute approximate surface area is 196 Å². The second-order valence-electron chi connectivity index (χ2n) is 8.59. The van der Waals surface area contributed by atoms with Crippen LogP contribution in [-0.2, 0) is 6.54 Å². The number of aromatic nitrogens is 5. The second-order valence-corrected chi connectivity index (χ2v) is 8.59. The molecule has 0 unspecified atom stereocenters. The SMILES string of the molecule is O=C(Nc1ccnn1C1CCCC1)c1cc(-c2ccccc2)nc2c1cnn2Cc1ccco1. The molecule has 0 aliphatic heterocycles. The van der Waals surface area contributed by atoms with E-state index in [2.05, 4.69) is 15.5 Å². The molecule has 4 aromatic heterocycles. The molecule has 1 saturated carbocycles. The lowest BCUT2D eigenvalue weighted by molar-refractivity contribution is 0.102. The van der Waals surface area contributed by atoms with Crippen molar-refractivity contribution < 1.29 is 9.21 Å². The smallest absolute Gasteiger partial charge is 0.257 e. The second kappa shape index (κ2) is 8.62. The Morgan fingerprint density at radius 2 is 1.91 bits per heavy atom. The van der Waals surface area contributed by atoms with Crippen LogP contribution in [0, 0.1) is 0 Å². The zero-order valence-corrected chi connectivity index (χ0v) is 18.6. The molecule has 5 aromatic rings. The summed E-state index contributed by atoms with van der Waals surface area (Å²) in [5.41, 5.74) is 2.80. The predicted octanol–water partition coefficient (Wildman–Crippen LogP) is 5.30. The molecular formula is C26H24N6O2. The fraction of sp³-hybridized carbons (Fsp3) is 0.231. The summed E-state index contributed by atoms with van der Waals surface area (Å²) in [6.07, 6.45) is 9.63. The summed E-state index contributed by atoms with van der Waals surface area (Å²) in [5, 5.41) is 12.8. The molecule has 0 radical (unpaired) electrons. The molecule has 1 fully saturated rings. The van der Waals surface area contributed by atoms with Crippen molar-refractivity contribution in [2.75, 3.05) is 5.32 Å². The van der Waals surface area contributed by atoms with Crippen LogP contribution >= 0.6 is 0 Å². The normalized spacial score (nSPS) is 14.1. The number of fused-ring (bicyclic) bond motifs is 1. The fourth-order valence-electron chi connectivity index (χ4n) is 4.69. The fourth-order valence-corrected chi connectivity index (χ4v) is 4.69. The van der Waals surface area contributed by atoms with Crippen LogP contribution in [0.3, 0.4) is 0 Å². The number of rotatable bonds is 6. The van der Waals surface area contributed by atoms with Gasteiger partial charge in [0.1, 0.15) is 18.1 Å². The van der Waals surface area contributed by atoms with Gasteiger partial charge in [0.25, 0.3) is 5.91 Å². The minimum Gasteiger partial charge on any atom is -0.467 e.